The second-order valence-electron chi connectivity index (χ2n) is 15.2. The molecule has 0 radical (unpaired) electrons. The predicted molar refractivity (Wildman–Crippen MR) is 223 cm³/mol. The van der Waals surface area contributed by atoms with Crippen molar-refractivity contribution in [3.05, 3.63) is 126 Å². The minimum Gasteiger partial charge on any atom is -0.455 e. The van der Waals surface area contributed by atoms with Gasteiger partial charge in [0.15, 0.2) is 0 Å². The third-order valence-corrected chi connectivity index (χ3v) is 11.9. The summed E-state index contributed by atoms with van der Waals surface area (Å²) >= 11 is 0. The van der Waals surface area contributed by atoms with Gasteiger partial charge in [-0.15, -0.1) is 0 Å². The van der Waals surface area contributed by atoms with Crippen LogP contribution in [0, 0.1) is 0 Å². The fourth-order valence-corrected chi connectivity index (χ4v) is 9.52. The predicted octanol–water partition coefficient (Wildman–Crippen LogP) is 12.1. The van der Waals surface area contributed by atoms with Crippen molar-refractivity contribution in [1.82, 2.24) is 4.48 Å². The fourth-order valence-electron chi connectivity index (χ4n) is 9.52. The summed E-state index contributed by atoms with van der Waals surface area (Å²) in [4.78, 5) is 2.68. The van der Waals surface area contributed by atoms with E-state index in [-0.39, 0.29) is 6.85 Å². The summed E-state index contributed by atoms with van der Waals surface area (Å²) in [5.74, 6) is 0. The van der Waals surface area contributed by atoms with Crippen molar-refractivity contribution in [2.45, 2.75) is 78.6 Å². The van der Waals surface area contributed by atoms with E-state index in [2.05, 4.69) is 139 Å². The van der Waals surface area contributed by atoms with Crippen LogP contribution in [0.2, 0.25) is 0 Å². The van der Waals surface area contributed by atoms with E-state index < -0.39 is 0 Å². The van der Waals surface area contributed by atoms with Gasteiger partial charge in [0.05, 0.1) is 0 Å². The lowest BCUT2D eigenvalue weighted by atomic mass is 9.44. The highest BCUT2D eigenvalue weighted by Crippen LogP contribution is 2.50. The number of unbranched alkanes of at least 4 members (excludes halogenated alkanes) is 3. The van der Waals surface area contributed by atoms with Gasteiger partial charge in [-0.2, -0.15) is 0 Å². The first-order valence-corrected chi connectivity index (χ1v) is 19.7. The molecule has 0 saturated heterocycles. The number of fused-ring (bicyclic) bond motifs is 11. The Morgan fingerprint density at radius 3 is 2.10 bits per heavy atom. The molecular formula is C48H45BN2O. The van der Waals surface area contributed by atoms with E-state index >= 15 is 0 Å². The lowest BCUT2D eigenvalue weighted by Gasteiger charge is -2.41. The molecule has 0 fully saturated rings. The largest absolute Gasteiger partial charge is 0.455 e. The second-order valence-corrected chi connectivity index (χ2v) is 15.2. The maximum absolute atomic E-state index is 6.95. The van der Waals surface area contributed by atoms with Gasteiger partial charge in [0.2, 0.25) is 0 Å². The smallest absolute Gasteiger partial charge is 0.333 e. The monoisotopic (exact) mass is 676 g/mol. The molecule has 10 rings (SSSR count). The first-order chi connectivity index (χ1) is 25.7. The maximum Gasteiger partial charge on any atom is 0.333 e. The van der Waals surface area contributed by atoms with E-state index in [1.165, 1.54) is 120 Å². The Morgan fingerprint density at radius 2 is 1.31 bits per heavy atom. The number of nitrogens with zero attached hydrogens (tertiary/aromatic N) is 2. The molecule has 0 spiro atoms. The van der Waals surface area contributed by atoms with Crippen LogP contribution in [0.3, 0.4) is 0 Å². The van der Waals surface area contributed by atoms with Crippen molar-refractivity contribution in [2.75, 3.05) is 4.90 Å². The van der Waals surface area contributed by atoms with Gasteiger partial charge in [0.1, 0.15) is 11.2 Å². The summed E-state index contributed by atoms with van der Waals surface area (Å²) in [6.45, 7) is 6.93. The molecular weight excluding hydrogens is 631 g/mol. The Labute approximate surface area is 307 Å². The number of hydrogen-bond acceptors (Lipinski definition) is 2. The van der Waals surface area contributed by atoms with Crippen LogP contribution < -0.4 is 15.8 Å². The highest BCUT2D eigenvalue weighted by Gasteiger charge is 2.45. The standard InChI is InChI=1S/C48H45BN2O/c1-4-7-16-31-27-32(17-8-5-2)29-34(28-31)50-42-30-39-36-21-11-13-26-43(36)52-48(39)44-38-23-15-22-37-35-20-10-12-25-41(35)51(47(37)38)49(45(42)44)40-24-14-19-33(46(40)50)18-9-6-3/h10-15,19-30H,4-9,16-18H2,1-3H3. The lowest BCUT2D eigenvalue weighted by molar-refractivity contribution is 0.670. The molecule has 0 amide bonds. The zero-order valence-electron chi connectivity index (χ0n) is 30.6. The molecule has 0 bridgehead atoms. The molecule has 0 N–H and O–H groups in total. The third-order valence-electron chi connectivity index (χ3n) is 11.9. The third kappa shape index (κ3) is 4.59. The summed E-state index contributed by atoms with van der Waals surface area (Å²) in [7, 11) is 0. The molecule has 0 unspecified atom stereocenters. The average Bonchev–Trinajstić information content (AvgIpc) is 3.73. The van der Waals surface area contributed by atoms with E-state index in [9.17, 15) is 0 Å². The van der Waals surface area contributed by atoms with Crippen LogP contribution in [0.15, 0.2) is 114 Å². The summed E-state index contributed by atoms with van der Waals surface area (Å²) < 4.78 is 9.62. The summed E-state index contributed by atoms with van der Waals surface area (Å²) in [5, 5.41) is 4.99. The van der Waals surface area contributed by atoms with Crippen molar-refractivity contribution in [3.63, 3.8) is 0 Å². The van der Waals surface area contributed by atoms with E-state index in [1.54, 1.807) is 0 Å². The van der Waals surface area contributed by atoms with Crippen LogP contribution in [-0.2, 0) is 19.3 Å². The molecule has 0 aliphatic carbocycles. The van der Waals surface area contributed by atoms with Crippen molar-refractivity contribution in [2.24, 2.45) is 0 Å². The highest BCUT2D eigenvalue weighted by atomic mass is 16.3. The molecule has 0 atom stereocenters. The van der Waals surface area contributed by atoms with Crippen LogP contribution >= 0.6 is 0 Å². The van der Waals surface area contributed by atoms with Gasteiger partial charge in [-0.3, -0.25) is 0 Å². The fraction of sp³-hybridized carbons (Fsp3) is 0.250. The number of furan rings is 1. The lowest BCUT2D eigenvalue weighted by Crippen LogP contribution is -2.57. The van der Waals surface area contributed by atoms with E-state index in [0.29, 0.717) is 0 Å². The Morgan fingerprint density at radius 1 is 0.615 bits per heavy atom. The molecule has 8 aromatic rings. The van der Waals surface area contributed by atoms with Gasteiger partial charge in [0, 0.05) is 60.8 Å². The molecule has 2 aliphatic rings. The molecule has 0 saturated carbocycles. The minimum atomic E-state index is 0.00979. The van der Waals surface area contributed by atoms with Crippen molar-refractivity contribution in [1.29, 1.82) is 0 Å². The van der Waals surface area contributed by atoms with Crippen molar-refractivity contribution >= 4 is 78.6 Å². The van der Waals surface area contributed by atoms with Crippen LogP contribution in [0.4, 0.5) is 17.1 Å². The Kier molecular flexibility index (Phi) is 7.56. The van der Waals surface area contributed by atoms with E-state index in [4.69, 9.17) is 4.42 Å². The van der Waals surface area contributed by atoms with Gasteiger partial charge in [-0.25, -0.2) is 0 Å². The first kappa shape index (κ1) is 31.5. The van der Waals surface area contributed by atoms with E-state index in [1.807, 2.05) is 0 Å². The molecule has 6 aromatic carbocycles. The molecule has 52 heavy (non-hydrogen) atoms. The average molecular weight is 677 g/mol. The zero-order chi connectivity index (χ0) is 34.9. The summed E-state index contributed by atoms with van der Waals surface area (Å²) in [5.41, 5.74) is 18.1. The Hall–Kier alpha value is -5.22. The number of benzene rings is 6. The van der Waals surface area contributed by atoms with Gasteiger partial charge in [-0.1, -0.05) is 119 Å². The molecule has 256 valence electrons. The highest BCUT2D eigenvalue weighted by molar-refractivity contribution is 6.90. The molecule has 3 nitrogen and oxygen atoms in total. The molecule has 2 aliphatic heterocycles. The van der Waals surface area contributed by atoms with Gasteiger partial charge in [0.25, 0.3) is 0 Å². The number of aryl methyl sites for hydroxylation is 3. The maximum atomic E-state index is 6.95. The number of para-hydroxylation sites is 4. The normalized spacial score (nSPS) is 13.1. The SMILES string of the molecule is CCCCc1cc(CCCC)cc(N2c3cc4c(oc5ccccc54)c4c3B(c3cccc(CCCC)c32)n2c3ccccc3c3cccc-4c32)c1. The zero-order valence-corrected chi connectivity index (χ0v) is 30.6. The van der Waals surface area contributed by atoms with Crippen LogP contribution in [0.1, 0.15) is 76.0 Å². The van der Waals surface area contributed by atoms with Gasteiger partial charge >= 0.3 is 6.85 Å². The molecule has 4 heteroatoms. The Balaban J connectivity index is 1.38. The first-order valence-electron chi connectivity index (χ1n) is 19.7. The van der Waals surface area contributed by atoms with Crippen LogP contribution in [0.25, 0.3) is 54.9 Å². The summed E-state index contributed by atoms with van der Waals surface area (Å²) in [6.07, 6.45) is 10.4. The van der Waals surface area contributed by atoms with Crippen LogP contribution in [0.5, 0.6) is 0 Å². The van der Waals surface area contributed by atoms with Crippen molar-refractivity contribution < 1.29 is 4.42 Å². The quantitative estimate of drug-likeness (QED) is 0.134. The number of hydrogen-bond donors (Lipinski definition) is 0. The van der Waals surface area contributed by atoms with Crippen molar-refractivity contribution in [3.8, 4) is 11.1 Å². The number of aromatic nitrogens is 1. The van der Waals surface area contributed by atoms with Crippen LogP contribution in [-0.4, -0.2) is 11.3 Å². The number of anilines is 3. The minimum absolute atomic E-state index is 0.00979. The molecule has 2 aromatic heterocycles. The van der Waals surface area contributed by atoms with E-state index in [0.717, 1.165) is 36.8 Å². The summed E-state index contributed by atoms with van der Waals surface area (Å²) in [6, 6.07) is 41.7. The second kappa shape index (κ2) is 12.5. The van der Waals surface area contributed by atoms with Gasteiger partial charge in [-0.05, 0) is 96.5 Å². The molecule has 4 heterocycles. The Bertz CT molecular complexity index is 2650. The van der Waals surface area contributed by atoms with Gasteiger partial charge < -0.3 is 13.8 Å². The topological polar surface area (TPSA) is 21.3 Å². The number of rotatable bonds is 10.